The number of hydrogen-bond donors (Lipinski definition) is 2. The minimum absolute atomic E-state index is 0.226. The molecule has 0 amide bonds. The first kappa shape index (κ1) is 15.5. The number of aryl methyl sites for hydroxylation is 1. The fourth-order valence-corrected chi connectivity index (χ4v) is 4.26. The van der Waals surface area contributed by atoms with Crippen LogP contribution in [0.25, 0.3) is 0 Å². The zero-order valence-corrected chi connectivity index (χ0v) is 14.1. The van der Waals surface area contributed by atoms with Crippen LogP contribution in [0.15, 0.2) is 39.0 Å². The molecule has 1 aromatic heterocycles. The first-order valence-electron chi connectivity index (χ1n) is 5.98. The molecule has 3 N–H and O–H groups in total. The van der Waals surface area contributed by atoms with E-state index in [-0.39, 0.29) is 4.90 Å². The Bertz CT molecular complexity index is 697. The Balaban J connectivity index is 2.12. The molecule has 0 aliphatic heterocycles. The molecule has 0 saturated heterocycles. The highest BCUT2D eigenvalue weighted by Gasteiger charge is 2.17. The molecular weight excluding hydrogens is 360 g/mol. The number of halogens is 1. The third-order valence-electron chi connectivity index (χ3n) is 2.83. The van der Waals surface area contributed by atoms with Crippen molar-refractivity contribution in [1.29, 1.82) is 0 Å². The zero-order chi connectivity index (χ0) is 14.8. The minimum atomic E-state index is -3.53. The highest BCUT2D eigenvalue weighted by atomic mass is 79.9. The molecule has 0 aliphatic rings. The number of rotatable bonds is 5. The van der Waals surface area contributed by atoms with Gasteiger partial charge in [0.25, 0.3) is 0 Å². The lowest BCUT2D eigenvalue weighted by Gasteiger charge is -2.11. The van der Waals surface area contributed by atoms with Gasteiger partial charge in [0.15, 0.2) is 0 Å². The fraction of sp³-hybridized carbons (Fsp3) is 0.231. The van der Waals surface area contributed by atoms with Gasteiger partial charge in [-0.15, -0.1) is 11.3 Å². The molecule has 20 heavy (non-hydrogen) atoms. The fourth-order valence-electron chi connectivity index (χ4n) is 1.80. The standard InChI is InChI=1S/C13H15BrN2O2S2/c1-9-7-11(14)12(15)8-13(9)20(17,18)16-5-4-10-3-2-6-19-10/h2-3,6-8,16H,4-5,15H2,1H3. The van der Waals surface area contributed by atoms with Crippen LogP contribution in [0.5, 0.6) is 0 Å². The summed E-state index contributed by atoms with van der Waals surface area (Å²) in [4.78, 5) is 1.38. The average molecular weight is 375 g/mol. The van der Waals surface area contributed by atoms with Crippen LogP contribution in [0.4, 0.5) is 5.69 Å². The van der Waals surface area contributed by atoms with Crippen molar-refractivity contribution in [2.75, 3.05) is 12.3 Å². The summed E-state index contributed by atoms with van der Waals surface area (Å²) in [6, 6.07) is 7.13. The summed E-state index contributed by atoms with van der Waals surface area (Å²) in [6.45, 7) is 2.12. The van der Waals surface area contributed by atoms with Crippen LogP contribution in [-0.2, 0) is 16.4 Å². The van der Waals surface area contributed by atoms with Crippen molar-refractivity contribution in [3.8, 4) is 0 Å². The second-order valence-corrected chi connectivity index (χ2v) is 7.99. The van der Waals surface area contributed by atoms with Crippen LogP contribution in [0.3, 0.4) is 0 Å². The average Bonchev–Trinajstić information content (AvgIpc) is 2.86. The number of thiophene rings is 1. The number of nitrogens with one attached hydrogen (secondary N) is 1. The number of sulfonamides is 1. The van der Waals surface area contributed by atoms with Crippen molar-refractivity contribution >= 4 is 43.0 Å². The Morgan fingerprint density at radius 1 is 1.40 bits per heavy atom. The number of hydrogen-bond acceptors (Lipinski definition) is 4. The van der Waals surface area contributed by atoms with Crippen LogP contribution in [0.2, 0.25) is 0 Å². The van der Waals surface area contributed by atoms with E-state index < -0.39 is 10.0 Å². The van der Waals surface area contributed by atoms with Crippen molar-refractivity contribution in [1.82, 2.24) is 4.72 Å². The van der Waals surface area contributed by atoms with Gasteiger partial charge in [-0.3, -0.25) is 0 Å². The van der Waals surface area contributed by atoms with Gasteiger partial charge < -0.3 is 5.73 Å². The van der Waals surface area contributed by atoms with Crippen LogP contribution >= 0.6 is 27.3 Å². The van der Waals surface area contributed by atoms with Crippen LogP contribution < -0.4 is 10.5 Å². The molecule has 1 heterocycles. The molecule has 1 aromatic carbocycles. The van der Waals surface area contributed by atoms with E-state index in [4.69, 9.17) is 5.73 Å². The maximum atomic E-state index is 12.3. The molecule has 2 rings (SSSR count). The van der Waals surface area contributed by atoms with E-state index in [0.717, 1.165) is 4.88 Å². The Morgan fingerprint density at radius 2 is 2.15 bits per heavy atom. The summed E-state index contributed by atoms with van der Waals surface area (Å²) >= 11 is 4.90. The SMILES string of the molecule is Cc1cc(Br)c(N)cc1S(=O)(=O)NCCc1cccs1. The largest absolute Gasteiger partial charge is 0.398 e. The van der Waals surface area contributed by atoms with Gasteiger partial charge in [-0.2, -0.15) is 0 Å². The first-order chi connectivity index (χ1) is 9.40. The zero-order valence-electron chi connectivity index (χ0n) is 10.9. The summed E-state index contributed by atoms with van der Waals surface area (Å²) in [7, 11) is -3.53. The lowest BCUT2D eigenvalue weighted by atomic mass is 10.2. The van der Waals surface area contributed by atoms with Crippen molar-refractivity contribution in [2.45, 2.75) is 18.2 Å². The van der Waals surface area contributed by atoms with Gasteiger partial charge >= 0.3 is 0 Å². The summed E-state index contributed by atoms with van der Waals surface area (Å²) in [5, 5.41) is 1.98. The number of nitrogens with two attached hydrogens (primary N) is 1. The van der Waals surface area contributed by atoms with Gasteiger partial charge in [0.05, 0.1) is 4.90 Å². The van der Waals surface area contributed by atoms with Gasteiger partial charge in [-0.1, -0.05) is 6.07 Å². The van der Waals surface area contributed by atoms with Crippen molar-refractivity contribution < 1.29 is 8.42 Å². The molecule has 0 bridgehead atoms. The maximum absolute atomic E-state index is 12.3. The van der Waals surface area contributed by atoms with E-state index in [0.29, 0.717) is 28.7 Å². The van der Waals surface area contributed by atoms with E-state index in [1.54, 1.807) is 24.3 Å². The monoisotopic (exact) mass is 374 g/mol. The molecule has 0 unspecified atom stereocenters. The maximum Gasteiger partial charge on any atom is 0.240 e. The minimum Gasteiger partial charge on any atom is -0.398 e. The van der Waals surface area contributed by atoms with Gasteiger partial charge in [0, 0.05) is 21.6 Å². The smallest absolute Gasteiger partial charge is 0.240 e. The lowest BCUT2D eigenvalue weighted by Crippen LogP contribution is -2.26. The summed E-state index contributed by atoms with van der Waals surface area (Å²) in [5.74, 6) is 0. The van der Waals surface area contributed by atoms with E-state index >= 15 is 0 Å². The predicted octanol–water partition coefficient (Wildman–Crippen LogP) is 2.92. The predicted molar refractivity (Wildman–Crippen MR) is 86.5 cm³/mol. The molecule has 108 valence electrons. The molecule has 0 atom stereocenters. The molecular formula is C13H15BrN2O2S2. The van der Waals surface area contributed by atoms with Crippen LogP contribution in [0, 0.1) is 6.92 Å². The molecule has 0 spiro atoms. The van der Waals surface area contributed by atoms with E-state index in [1.807, 2.05) is 17.5 Å². The van der Waals surface area contributed by atoms with Gasteiger partial charge in [0.2, 0.25) is 10.0 Å². The van der Waals surface area contributed by atoms with Crippen LogP contribution in [0.1, 0.15) is 10.4 Å². The van der Waals surface area contributed by atoms with Gasteiger partial charge in [0.1, 0.15) is 0 Å². The van der Waals surface area contributed by atoms with Gasteiger partial charge in [-0.05, 0) is 58.4 Å². The van der Waals surface area contributed by atoms with E-state index in [2.05, 4.69) is 20.7 Å². The topological polar surface area (TPSA) is 72.2 Å². The molecule has 0 saturated carbocycles. The molecule has 2 aromatic rings. The summed E-state index contributed by atoms with van der Waals surface area (Å²) in [5.41, 5.74) is 6.83. The Kier molecular flexibility index (Phi) is 4.85. The molecule has 0 fully saturated rings. The third-order valence-corrected chi connectivity index (χ3v) is 6.05. The van der Waals surface area contributed by atoms with E-state index in [9.17, 15) is 8.42 Å². The number of benzene rings is 1. The van der Waals surface area contributed by atoms with Crippen molar-refractivity contribution in [2.24, 2.45) is 0 Å². The van der Waals surface area contributed by atoms with Crippen molar-refractivity contribution in [3.63, 3.8) is 0 Å². The highest BCUT2D eigenvalue weighted by Crippen LogP contribution is 2.26. The first-order valence-corrected chi connectivity index (χ1v) is 9.13. The highest BCUT2D eigenvalue weighted by molar-refractivity contribution is 9.10. The summed E-state index contributed by atoms with van der Waals surface area (Å²) in [6.07, 6.45) is 0.682. The van der Waals surface area contributed by atoms with Crippen molar-refractivity contribution in [3.05, 3.63) is 44.6 Å². The molecule has 7 heteroatoms. The van der Waals surface area contributed by atoms with E-state index in [1.165, 1.54) is 6.07 Å². The summed E-state index contributed by atoms with van der Waals surface area (Å²) < 4.78 is 27.8. The Hall–Kier alpha value is -0.890. The molecule has 4 nitrogen and oxygen atoms in total. The molecule has 0 aliphatic carbocycles. The third kappa shape index (κ3) is 3.60. The van der Waals surface area contributed by atoms with Gasteiger partial charge in [-0.25, -0.2) is 13.1 Å². The second-order valence-electron chi connectivity index (χ2n) is 4.37. The Labute approximate surface area is 131 Å². The second kappa shape index (κ2) is 6.26. The number of anilines is 1. The quantitative estimate of drug-likeness (QED) is 0.790. The molecule has 0 radical (unpaired) electrons. The Morgan fingerprint density at radius 3 is 2.80 bits per heavy atom. The lowest BCUT2D eigenvalue weighted by molar-refractivity contribution is 0.581. The van der Waals surface area contributed by atoms with Crippen LogP contribution in [-0.4, -0.2) is 15.0 Å². The normalized spacial score (nSPS) is 11.7. The number of nitrogen functional groups attached to an aromatic ring is 1.